The van der Waals surface area contributed by atoms with E-state index < -0.39 is 58.6 Å². The number of likely N-dealkylation sites (tertiary alicyclic amines) is 2. The lowest BCUT2D eigenvalue weighted by atomic mass is 9.96. The monoisotopic (exact) mass is 499 g/mol. The smallest absolute Gasteiger partial charge is 0.411 e. The average Bonchev–Trinajstić information content (AvgIpc) is 3.43. The van der Waals surface area contributed by atoms with Gasteiger partial charge in [-0.1, -0.05) is 0 Å². The minimum atomic E-state index is -3.94. The number of ether oxygens (including phenoxy) is 2. The van der Waals surface area contributed by atoms with Gasteiger partial charge in [-0.25, -0.2) is 9.52 Å². The van der Waals surface area contributed by atoms with Gasteiger partial charge >= 0.3 is 16.3 Å². The zero-order chi connectivity index (χ0) is 25.4. The maximum Gasteiger partial charge on any atom is 0.411 e. The Labute approximate surface area is 200 Å². The third kappa shape index (κ3) is 5.45. The number of nitriles is 1. The number of carbonyl (C=O) groups excluding carboxylic acids is 3. The summed E-state index contributed by atoms with van der Waals surface area (Å²) in [6.45, 7) is 5.14. The summed E-state index contributed by atoms with van der Waals surface area (Å²) < 4.78 is 37.7. The fraction of sp³-hybridized carbons (Fsp3) is 0.810. The van der Waals surface area contributed by atoms with E-state index in [0.29, 0.717) is 25.8 Å². The molecule has 190 valence electrons. The van der Waals surface area contributed by atoms with E-state index >= 15 is 0 Å². The first-order valence-electron chi connectivity index (χ1n) is 11.3. The average molecular weight is 500 g/mol. The van der Waals surface area contributed by atoms with Crippen LogP contribution in [-0.2, 0) is 29.3 Å². The lowest BCUT2D eigenvalue weighted by molar-refractivity contribution is -0.142. The van der Waals surface area contributed by atoms with Crippen LogP contribution in [0.4, 0.5) is 4.79 Å². The second-order valence-corrected chi connectivity index (χ2v) is 12.0. The minimum Gasteiger partial charge on any atom is -0.444 e. The molecule has 2 aliphatic heterocycles. The van der Waals surface area contributed by atoms with Crippen molar-refractivity contribution in [2.75, 3.05) is 27.2 Å². The summed E-state index contributed by atoms with van der Waals surface area (Å²) in [5, 5.41) is 9.41. The number of carbonyl (C=O) groups is 3. The van der Waals surface area contributed by atoms with E-state index in [0.717, 1.165) is 10.7 Å². The third-order valence-electron chi connectivity index (χ3n) is 6.31. The molecule has 3 rings (SSSR count). The number of nitrogens with one attached hydrogen (secondary N) is 1. The van der Waals surface area contributed by atoms with Gasteiger partial charge in [-0.15, -0.1) is 0 Å². The molecule has 5 atom stereocenters. The van der Waals surface area contributed by atoms with Crippen LogP contribution in [0.25, 0.3) is 0 Å². The molecule has 0 unspecified atom stereocenters. The number of piperidine rings is 1. The molecule has 2 saturated heterocycles. The lowest BCUT2D eigenvalue weighted by Crippen LogP contribution is -2.58. The Kier molecular flexibility index (Phi) is 7.45. The van der Waals surface area contributed by atoms with Crippen LogP contribution in [0.15, 0.2) is 0 Å². The second kappa shape index (κ2) is 9.67. The summed E-state index contributed by atoms with van der Waals surface area (Å²) in [6, 6.07) is 0.377. The highest BCUT2D eigenvalue weighted by molar-refractivity contribution is 7.87. The van der Waals surface area contributed by atoms with Crippen LogP contribution < -0.4 is 4.72 Å². The maximum atomic E-state index is 13.4. The largest absolute Gasteiger partial charge is 0.444 e. The Hall–Kier alpha value is -2.43. The topological polar surface area (TPSA) is 149 Å². The van der Waals surface area contributed by atoms with Crippen LogP contribution in [0, 0.1) is 17.2 Å². The molecular weight excluding hydrogens is 466 g/mol. The van der Waals surface area contributed by atoms with Gasteiger partial charge in [0, 0.05) is 20.6 Å². The van der Waals surface area contributed by atoms with E-state index in [1.54, 1.807) is 20.8 Å². The molecule has 0 spiro atoms. The Balaban J connectivity index is 1.74. The number of hydrogen-bond acceptors (Lipinski definition) is 8. The molecule has 1 aliphatic carbocycles. The van der Waals surface area contributed by atoms with Gasteiger partial charge in [-0.2, -0.15) is 18.0 Å². The van der Waals surface area contributed by atoms with Gasteiger partial charge in [0.25, 0.3) is 5.91 Å². The molecule has 0 radical (unpaired) electrons. The number of nitrogens with zero attached hydrogens (tertiary/aromatic N) is 4. The first-order chi connectivity index (χ1) is 15.7. The van der Waals surface area contributed by atoms with Crippen molar-refractivity contribution in [2.24, 2.45) is 5.92 Å². The van der Waals surface area contributed by atoms with E-state index in [2.05, 4.69) is 6.07 Å². The minimum absolute atomic E-state index is 0.219. The Morgan fingerprint density at radius 1 is 1.21 bits per heavy atom. The Morgan fingerprint density at radius 2 is 1.88 bits per heavy atom. The van der Waals surface area contributed by atoms with Gasteiger partial charge < -0.3 is 14.4 Å². The van der Waals surface area contributed by atoms with Gasteiger partial charge in [0.15, 0.2) is 0 Å². The standard InChI is InChI=1S/C21H33N5O7S/c1-21(2,3)33-20(29)26-15-9-13(18(26)19(28)25-8-6-7-14(25)11-22)10-16(15)32-12-17(27)23-34(30,31)24(4)5/h13-16,18H,6-10,12H2,1-5H3,(H,23,27)/t13-,14-,15+,16+,18-/m0/s1. The van der Waals surface area contributed by atoms with E-state index in [4.69, 9.17) is 9.47 Å². The molecule has 0 aromatic rings. The van der Waals surface area contributed by atoms with Gasteiger partial charge in [0.05, 0.1) is 18.2 Å². The summed E-state index contributed by atoms with van der Waals surface area (Å²) in [7, 11) is -1.36. The molecule has 2 heterocycles. The Morgan fingerprint density at radius 3 is 2.47 bits per heavy atom. The van der Waals surface area contributed by atoms with Gasteiger partial charge in [0.1, 0.15) is 24.3 Å². The maximum absolute atomic E-state index is 13.4. The van der Waals surface area contributed by atoms with Crippen LogP contribution in [0.5, 0.6) is 0 Å². The van der Waals surface area contributed by atoms with Gasteiger partial charge in [-0.3, -0.25) is 14.5 Å². The normalized spacial score (nSPS) is 28.8. The van der Waals surface area contributed by atoms with Crippen molar-refractivity contribution in [1.29, 1.82) is 5.26 Å². The van der Waals surface area contributed by atoms with Crippen molar-refractivity contribution in [1.82, 2.24) is 18.8 Å². The van der Waals surface area contributed by atoms with Crippen LogP contribution >= 0.6 is 0 Å². The van der Waals surface area contributed by atoms with Crippen LogP contribution in [-0.4, -0.2) is 97.5 Å². The van der Waals surface area contributed by atoms with Crippen molar-refractivity contribution in [3.8, 4) is 6.07 Å². The summed E-state index contributed by atoms with van der Waals surface area (Å²) in [5.41, 5.74) is -0.786. The van der Waals surface area contributed by atoms with E-state index in [1.807, 2.05) is 4.72 Å². The van der Waals surface area contributed by atoms with E-state index in [1.165, 1.54) is 23.9 Å². The molecule has 3 amide bonds. The number of hydrogen-bond donors (Lipinski definition) is 1. The molecule has 1 saturated carbocycles. The molecule has 1 N–H and O–H groups in total. The predicted octanol–water partition coefficient (Wildman–Crippen LogP) is 0.207. The Bertz CT molecular complexity index is 971. The van der Waals surface area contributed by atoms with Crippen molar-refractivity contribution >= 4 is 28.1 Å². The summed E-state index contributed by atoms with van der Waals surface area (Å²) >= 11 is 0. The fourth-order valence-corrected chi connectivity index (χ4v) is 5.37. The van der Waals surface area contributed by atoms with E-state index in [-0.39, 0.29) is 11.8 Å². The van der Waals surface area contributed by atoms with Crippen LogP contribution in [0.3, 0.4) is 0 Å². The molecule has 3 fully saturated rings. The van der Waals surface area contributed by atoms with Crippen LogP contribution in [0.1, 0.15) is 46.5 Å². The molecule has 13 heteroatoms. The molecule has 0 aromatic carbocycles. The zero-order valence-corrected chi connectivity index (χ0v) is 21.0. The fourth-order valence-electron chi connectivity index (χ4n) is 4.84. The van der Waals surface area contributed by atoms with Crippen molar-refractivity contribution in [3.63, 3.8) is 0 Å². The second-order valence-electron chi connectivity index (χ2n) is 10.1. The van der Waals surface area contributed by atoms with Crippen molar-refractivity contribution < 1.29 is 32.3 Å². The summed E-state index contributed by atoms with van der Waals surface area (Å²) in [5.74, 6) is -1.32. The molecular formula is C21H33N5O7S. The highest BCUT2D eigenvalue weighted by Gasteiger charge is 2.58. The van der Waals surface area contributed by atoms with Gasteiger partial charge in [0.2, 0.25) is 5.91 Å². The quantitative estimate of drug-likeness (QED) is 0.545. The number of fused-ring (bicyclic) bond motifs is 2. The first-order valence-corrected chi connectivity index (χ1v) is 12.7. The molecule has 34 heavy (non-hydrogen) atoms. The lowest BCUT2D eigenvalue weighted by Gasteiger charge is -2.40. The molecule has 0 aromatic heterocycles. The predicted molar refractivity (Wildman–Crippen MR) is 119 cm³/mol. The van der Waals surface area contributed by atoms with Crippen LogP contribution in [0.2, 0.25) is 0 Å². The highest BCUT2D eigenvalue weighted by Crippen LogP contribution is 2.45. The first kappa shape index (κ1) is 26.2. The van der Waals surface area contributed by atoms with Crippen molar-refractivity contribution in [2.45, 2.75) is 76.3 Å². The highest BCUT2D eigenvalue weighted by atomic mass is 32.2. The molecule has 2 bridgehead atoms. The SMILES string of the molecule is CN(C)S(=O)(=O)NC(=O)CO[C@@H]1C[C@@H]2C[C@H]1N(C(=O)OC(C)(C)C)[C@@H]2C(=O)N1CCC[C@H]1C#N. The zero-order valence-electron chi connectivity index (χ0n) is 20.2. The van der Waals surface area contributed by atoms with Crippen molar-refractivity contribution in [3.05, 3.63) is 0 Å². The number of rotatable bonds is 6. The third-order valence-corrected chi connectivity index (χ3v) is 7.75. The summed E-state index contributed by atoms with van der Waals surface area (Å²) in [6.07, 6.45) is 1.04. The molecule has 3 aliphatic rings. The summed E-state index contributed by atoms with van der Waals surface area (Å²) in [4.78, 5) is 41.6. The van der Waals surface area contributed by atoms with Gasteiger partial charge in [-0.05, 0) is 52.4 Å². The molecule has 12 nitrogen and oxygen atoms in total. The van der Waals surface area contributed by atoms with E-state index in [9.17, 15) is 28.1 Å². The number of amides is 3.